The Labute approximate surface area is 217 Å². The topological polar surface area (TPSA) is 123 Å². The molecule has 1 aromatic heterocycles. The second kappa shape index (κ2) is 9.94. The van der Waals surface area contributed by atoms with Crippen molar-refractivity contribution in [3.8, 4) is 0 Å². The van der Waals surface area contributed by atoms with E-state index >= 15 is 0 Å². The van der Waals surface area contributed by atoms with Crippen LogP contribution in [0.15, 0.2) is 36.4 Å². The number of nitrogens with one attached hydrogen (secondary N) is 1. The third-order valence-corrected chi connectivity index (χ3v) is 9.09. The minimum Gasteiger partial charge on any atom is -0.465 e. The maximum atomic E-state index is 14.0. The lowest BCUT2D eigenvalue weighted by molar-refractivity contribution is -0.121. The summed E-state index contributed by atoms with van der Waals surface area (Å²) < 4.78 is 25.9. The van der Waals surface area contributed by atoms with Gasteiger partial charge in [-0.15, -0.1) is 0 Å². The van der Waals surface area contributed by atoms with Gasteiger partial charge in [0.1, 0.15) is 5.82 Å². The molecule has 11 heteroatoms. The summed E-state index contributed by atoms with van der Waals surface area (Å²) in [6, 6.07) is 11.8. The Balaban J connectivity index is 1.45. The molecule has 2 amide bonds. The lowest BCUT2D eigenvalue weighted by Crippen LogP contribution is -2.44. The first-order chi connectivity index (χ1) is 17.6. The Morgan fingerprint density at radius 3 is 2.46 bits per heavy atom. The second-order valence-electron chi connectivity index (χ2n) is 10.3. The molecule has 1 aromatic carbocycles. The Kier molecular flexibility index (Phi) is 6.84. The Morgan fingerprint density at radius 2 is 1.81 bits per heavy atom. The standard InChI is InChI=1S/C26H33N5O5S/c1-17-5-3-4-6-21(17)31-16-19-7-8-22(27-20-10-12-29(13-11-20)26(33)34)28-24(19)23(25(31)32)18-9-14-30(15-18)37(2,35)36/h3-8,18,20,23H,9-16H2,1-2H3,(H,27,28)(H,33,34)/t18-,23?/m1/s1. The van der Waals surface area contributed by atoms with E-state index in [1.807, 2.05) is 48.2 Å². The Hall–Kier alpha value is -3.18. The molecule has 5 rings (SSSR count). The number of aromatic nitrogens is 1. The maximum absolute atomic E-state index is 14.0. The first-order valence-corrected chi connectivity index (χ1v) is 14.5. The molecular weight excluding hydrogens is 494 g/mol. The van der Waals surface area contributed by atoms with Crippen molar-refractivity contribution in [2.75, 3.05) is 42.7 Å². The first-order valence-electron chi connectivity index (χ1n) is 12.7. The quantitative estimate of drug-likeness (QED) is 0.613. The number of pyridine rings is 1. The third kappa shape index (κ3) is 5.15. The number of fused-ring (bicyclic) bond motifs is 1. The number of carboxylic acid groups (broad SMARTS) is 1. The molecule has 0 aliphatic carbocycles. The highest BCUT2D eigenvalue weighted by Gasteiger charge is 2.44. The number of amides is 2. The predicted octanol–water partition coefficient (Wildman–Crippen LogP) is 2.86. The molecular formula is C26H33N5O5S. The number of carbonyl (C=O) groups excluding carboxylic acids is 1. The van der Waals surface area contributed by atoms with Crippen molar-refractivity contribution >= 4 is 33.5 Å². The van der Waals surface area contributed by atoms with Gasteiger partial charge in [0, 0.05) is 37.9 Å². The molecule has 2 atom stereocenters. The van der Waals surface area contributed by atoms with Gasteiger partial charge in [-0.25, -0.2) is 22.5 Å². The minimum absolute atomic E-state index is 0.0541. The summed E-state index contributed by atoms with van der Waals surface area (Å²) in [6.07, 6.45) is 2.27. The molecule has 2 N–H and O–H groups in total. The molecule has 3 aliphatic rings. The zero-order valence-electron chi connectivity index (χ0n) is 21.1. The number of carbonyl (C=O) groups is 2. The van der Waals surface area contributed by atoms with Gasteiger partial charge in [0.2, 0.25) is 15.9 Å². The fourth-order valence-electron chi connectivity index (χ4n) is 5.77. The molecule has 10 nitrogen and oxygen atoms in total. The van der Waals surface area contributed by atoms with Crippen LogP contribution in [0.1, 0.15) is 42.0 Å². The van der Waals surface area contributed by atoms with Gasteiger partial charge in [0.15, 0.2) is 0 Å². The molecule has 2 aromatic rings. The number of anilines is 2. The lowest BCUT2D eigenvalue weighted by Gasteiger charge is -2.37. The van der Waals surface area contributed by atoms with Crippen LogP contribution in [0.4, 0.5) is 16.3 Å². The maximum Gasteiger partial charge on any atom is 0.407 e. The third-order valence-electron chi connectivity index (χ3n) is 7.82. The Morgan fingerprint density at radius 1 is 1.08 bits per heavy atom. The average Bonchev–Trinajstić information content (AvgIpc) is 3.35. The number of nitrogens with zero attached hydrogens (tertiary/aromatic N) is 4. The highest BCUT2D eigenvalue weighted by atomic mass is 32.2. The average molecular weight is 528 g/mol. The summed E-state index contributed by atoms with van der Waals surface area (Å²) in [6.45, 7) is 4.01. The SMILES string of the molecule is Cc1ccccc1N1Cc2ccc(NC3CCN(C(=O)O)CC3)nc2C([C@@H]2CCN(S(C)(=O)=O)C2)C1=O. The van der Waals surface area contributed by atoms with Crippen molar-refractivity contribution in [1.29, 1.82) is 0 Å². The van der Waals surface area contributed by atoms with E-state index < -0.39 is 22.0 Å². The number of likely N-dealkylation sites (tertiary alicyclic amines) is 1. The van der Waals surface area contributed by atoms with Gasteiger partial charge in [0.25, 0.3) is 0 Å². The van der Waals surface area contributed by atoms with Gasteiger partial charge in [-0.05, 0) is 55.4 Å². The van der Waals surface area contributed by atoms with E-state index in [0.717, 1.165) is 16.8 Å². The largest absolute Gasteiger partial charge is 0.465 e. The van der Waals surface area contributed by atoms with Crippen LogP contribution in [0.25, 0.3) is 0 Å². The van der Waals surface area contributed by atoms with Crippen LogP contribution in [0.3, 0.4) is 0 Å². The number of sulfonamides is 1. The first kappa shape index (κ1) is 25.5. The van der Waals surface area contributed by atoms with Crippen molar-refractivity contribution in [2.45, 2.75) is 44.7 Å². The summed E-state index contributed by atoms with van der Waals surface area (Å²) in [5, 5.41) is 12.7. The molecule has 0 saturated carbocycles. The number of rotatable bonds is 5. The molecule has 2 saturated heterocycles. The Bertz CT molecular complexity index is 1310. The monoisotopic (exact) mass is 527 g/mol. The van der Waals surface area contributed by atoms with Crippen LogP contribution in [-0.4, -0.2) is 78.2 Å². The molecule has 37 heavy (non-hydrogen) atoms. The fraction of sp³-hybridized carbons (Fsp3) is 0.500. The van der Waals surface area contributed by atoms with Crippen molar-refractivity contribution < 1.29 is 23.1 Å². The fourth-order valence-corrected chi connectivity index (χ4v) is 6.67. The van der Waals surface area contributed by atoms with Gasteiger partial charge < -0.3 is 20.2 Å². The molecule has 0 bridgehead atoms. The van der Waals surface area contributed by atoms with E-state index in [2.05, 4.69) is 5.32 Å². The van der Waals surface area contributed by atoms with Crippen LogP contribution >= 0.6 is 0 Å². The van der Waals surface area contributed by atoms with Gasteiger partial charge in [-0.2, -0.15) is 0 Å². The van der Waals surface area contributed by atoms with Gasteiger partial charge in [-0.1, -0.05) is 24.3 Å². The summed E-state index contributed by atoms with van der Waals surface area (Å²) in [5.41, 5.74) is 3.52. The second-order valence-corrected chi connectivity index (χ2v) is 12.3. The summed E-state index contributed by atoms with van der Waals surface area (Å²) >= 11 is 0. The number of hydrogen-bond donors (Lipinski definition) is 2. The molecule has 3 aliphatic heterocycles. The highest BCUT2D eigenvalue weighted by Crippen LogP contribution is 2.41. The smallest absolute Gasteiger partial charge is 0.407 e. The summed E-state index contributed by atoms with van der Waals surface area (Å²) in [5.74, 6) is -0.116. The number of aryl methyl sites for hydroxylation is 1. The van der Waals surface area contributed by atoms with Crippen molar-refractivity contribution in [2.24, 2.45) is 5.92 Å². The van der Waals surface area contributed by atoms with Gasteiger partial charge >= 0.3 is 6.09 Å². The zero-order chi connectivity index (χ0) is 26.3. The number of benzene rings is 1. The molecule has 198 valence electrons. The van der Waals surface area contributed by atoms with Crippen LogP contribution in [-0.2, 0) is 21.4 Å². The van der Waals surface area contributed by atoms with E-state index in [9.17, 15) is 23.1 Å². The van der Waals surface area contributed by atoms with E-state index in [-0.39, 0.29) is 17.9 Å². The van der Waals surface area contributed by atoms with Crippen molar-refractivity contribution in [3.05, 3.63) is 53.2 Å². The van der Waals surface area contributed by atoms with Crippen LogP contribution < -0.4 is 10.2 Å². The predicted molar refractivity (Wildman–Crippen MR) is 140 cm³/mol. The molecule has 1 unspecified atom stereocenters. The van der Waals surface area contributed by atoms with Gasteiger partial charge in [-0.3, -0.25) is 4.79 Å². The number of hydrogen-bond acceptors (Lipinski definition) is 6. The van der Waals surface area contributed by atoms with Crippen molar-refractivity contribution in [3.63, 3.8) is 0 Å². The van der Waals surface area contributed by atoms with Crippen molar-refractivity contribution in [1.82, 2.24) is 14.2 Å². The molecule has 2 fully saturated rings. The summed E-state index contributed by atoms with van der Waals surface area (Å²) in [7, 11) is -3.35. The van der Waals surface area contributed by atoms with E-state index in [1.165, 1.54) is 15.5 Å². The van der Waals surface area contributed by atoms with Crippen LogP contribution in [0, 0.1) is 12.8 Å². The minimum atomic E-state index is -3.35. The summed E-state index contributed by atoms with van der Waals surface area (Å²) in [4.78, 5) is 33.4. The van der Waals surface area contributed by atoms with Crippen LogP contribution in [0.5, 0.6) is 0 Å². The lowest BCUT2D eigenvalue weighted by atomic mass is 9.82. The van der Waals surface area contributed by atoms with E-state index in [1.54, 1.807) is 0 Å². The van der Waals surface area contributed by atoms with E-state index in [4.69, 9.17) is 4.98 Å². The number of para-hydroxylation sites is 1. The normalized spacial score (nSPS) is 23.2. The van der Waals surface area contributed by atoms with E-state index in [0.29, 0.717) is 63.5 Å². The number of piperidine rings is 1. The molecule has 4 heterocycles. The molecule has 0 spiro atoms. The van der Waals surface area contributed by atoms with Gasteiger partial charge in [0.05, 0.1) is 24.4 Å². The van der Waals surface area contributed by atoms with Crippen LogP contribution in [0.2, 0.25) is 0 Å². The highest BCUT2D eigenvalue weighted by molar-refractivity contribution is 7.88. The molecule has 0 radical (unpaired) electrons. The zero-order valence-corrected chi connectivity index (χ0v) is 21.9.